The fourth-order valence-electron chi connectivity index (χ4n) is 1.45. The Morgan fingerprint density at radius 3 is 2.71 bits per heavy atom. The number of nitrogens with zero attached hydrogens (tertiary/aromatic N) is 2. The molecule has 1 aromatic carbocycles. The van der Waals surface area contributed by atoms with Gasteiger partial charge in [-0.3, -0.25) is 0 Å². The summed E-state index contributed by atoms with van der Waals surface area (Å²) in [6, 6.07) is 7.91. The fraction of sp³-hybridized carbons (Fsp3) is 0.357. The molecule has 0 bridgehead atoms. The molecule has 0 saturated carbocycles. The molecule has 0 spiro atoms. The summed E-state index contributed by atoms with van der Waals surface area (Å²) in [7, 11) is 0. The standard InChI is InChI=1S/C8H6N2.C6H12O/c1-2-4-8-7(3-1)5-9-6-10-8;1-3-4-6(2)5-7/h1-6H;5-6H,3-4H2,1-2H3. The Hall–Kier alpha value is -1.77. The first-order chi connectivity index (χ1) is 8.27. The molecule has 0 aliphatic heterocycles. The molecule has 0 aliphatic rings. The molecule has 0 fully saturated rings. The summed E-state index contributed by atoms with van der Waals surface area (Å²) in [4.78, 5) is 17.9. The molecule has 2 rings (SSSR count). The van der Waals surface area contributed by atoms with Gasteiger partial charge in [0, 0.05) is 17.5 Å². The van der Waals surface area contributed by atoms with Crippen LogP contribution in [0.15, 0.2) is 36.8 Å². The molecular formula is C14H18N2O. The second kappa shape index (κ2) is 7.49. The summed E-state index contributed by atoms with van der Waals surface area (Å²) in [5, 5.41) is 1.09. The maximum absolute atomic E-state index is 9.89. The van der Waals surface area contributed by atoms with E-state index in [0.717, 1.165) is 30.0 Å². The first-order valence-electron chi connectivity index (χ1n) is 5.88. The van der Waals surface area contributed by atoms with Crippen molar-refractivity contribution in [2.75, 3.05) is 0 Å². The molecule has 0 radical (unpaired) electrons. The molecule has 1 aromatic heterocycles. The van der Waals surface area contributed by atoms with Gasteiger partial charge in [0.2, 0.25) is 0 Å². The summed E-state index contributed by atoms with van der Waals surface area (Å²) in [6.07, 6.45) is 6.51. The Balaban J connectivity index is 0.000000185. The number of aldehydes is 1. The van der Waals surface area contributed by atoms with E-state index in [-0.39, 0.29) is 5.92 Å². The monoisotopic (exact) mass is 230 g/mol. The van der Waals surface area contributed by atoms with Gasteiger partial charge in [-0.1, -0.05) is 38.5 Å². The quantitative estimate of drug-likeness (QED) is 0.760. The average Bonchev–Trinajstić information content (AvgIpc) is 2.40. The molecule has 0 saturated heterocycles. The number of carbonyl (C=O) groups excluding carboxylic acids is 1. The summed E-state index contributed by atoms with van der Waals surface area (Å²) >= 11 is 0. The number of aromatic nitrogens is 2. The van der Waals surface area contributed by atoms with Crippen LogP contribution in [0.2, 0.25) is 0 Å². The Kier molecular flexibility index (Phi) is 5.86. The lowest BCUT2D eigenvalue weighted by Gasteiger charge is -1.94. The molecule has 1 unspecified atom stereocenters. The van der Waals surface area contributed by atoms with E-state index in [0.29, 0.717) is 0 Å². The molecule has 0 amide bonds. The topological polar surface area (TPSA) is 42.9 Å². The number of fused-ring (bicyclic) bond motifs is 1. The van der Waals surface area contributed by atoms with Gasteiger partial charge in [-0.25, -0.2) is 9.97 Å². The lowest BCUT2D eigenvalue weighted by atomic mass is 10.1. The van der Waals surface area contributed by atoms with E-state index in [9.17, 15) is 4.79 Å². The lowest BCUT2D eigenvalue weighted by molar-refractivity contribution is -0.110. The predicted molar refractivity (Wildman–Crippen MR) is 69.7 cm³/mol. The van der Waals surface area contributed by atoms with E-state index in [1.807, 2.05) is 37.4 Å². The molecule has 2 aromatic rings. The van der Waals surface area contributed by atoms with Crippen molar-refractivity contribution in [3.8, 4) is 0 Å². The zero-order valence-electron chi connectivity index (χ0n) is 10.3. The van der Waals surface area contributed by atoms with Crippen molar-refractivity contribution in [1.29, 1.82) is 0 Å². The first-order valence-corrected chi connectivity index (χ1v) is 5.88. The SMILES string of the molecule is CCCC(C)C=O.c1ccc2ncncc2c1. The van der Waals surface area contributed by atoms with Crippen molar-refractivity contribution in [1.82, 2.24) is 9.97 Å². The van der Waals surface area contributed by atoms with E-state index in [2.05, 4.69) is 16.9 Å². The third kappa shape index (κ3) is 4.72. The maximum atomic E-state index is 9.89. The molecule has 0 aliphatic carbocycles. The minimum atomic E-state index is 0.269. The number of carbonyl (C=O) groups is 1. The Labute approximate surface area is 102 Å². The van der Waals surface area contributed by atoms with Gasteiger partial charge >= 0.3 is 0 Å². The second-order valence-electron chi connectivity index (χ2n) is 3.98. The van der Waals surface area contributed by atoms with Crippen molar-refractivity contribution in [3.63, 3.8) is 0 Å². The molecule has 3 nitrogen and oxygen atoms in total. The van der Waals surface area contributed by atoms with Crippen LogP contribution in [-0.4, -0.2) is 16.3 Å². The Morgan fingerprint density at radius 1 is 1.35 bits per heavy atom. The normalized spacial score (nSPS) is 11.4. The van der Waals surface area contributed by atoms with Crippen LogP contribution in [0.5, 0.6) is 0 Å². The van der Waals surface area contributed by atoms with Crippen LogP contribution in [-0.2, 0) is 4.79 Å². The molecule has 3 heteroatoms. The largest absolute Gasteiger partial charge is 0.303 e. The zero-order chi connectivity index (χ0) is 12.5. The summed E-state index contributed by atoms with van der Waals surface area (Å²) in [5.41, 5.74) is 0.998. The van der Waals surface area contributed by atoms with E-state index in [4.69, 9.17) is 0 Å². The molecular weight excluding hydrogens is 212 g/mol. The van der Waals surface area contributed by atoms with Crippen molar-refractivity contribution in [2.24, 2.45) is 5.92 Å². The lowest BCUT2D eigenvalue weighted by Crippen LogP contribution is -1.92. The average molecular weight is 230 g/mol. The fourth-order valence-corrected chi connectivity index (χ4v) is 1.45. The number of hydrogen-bond donors (Lipinski definition) is 0. The van der Waals surface area contributed by atoms with Crippen LogP contribution in [0.4, 0.5) is 0 Å². The van der Waals surface area contributed by atoms with Crippen LogP contribution in [0, 0.1) is 5.92 Å². The first kappa shape index (κ1) is 13.3. The van der Waals surface area contributed by atoms with Crippen molar-refractivity contribution in [2.45, 2.75) is 26.7 Å². The summed E-state index contributed by atoms with van der Waals surface area (Å²) in [5.74, 6) is 0.269. The Morgan fingerprint density at radius 2 is 2.12 bits per heavy atom. The number of para-hydroxylation sites is 1. The second-order valence-corrected chi connectivity index (χ2v) is 3.98. The van der Waals surface area contributed by atoms with Crippen molar-refractivity contribution >= 4 is 17.2 Å². The summed E-state index contributed by atoms with van der Waals surface area (Å²) in [6.45, 7) is 4.02. The maximum Gasteiger partial charge on any atom is 0.122 e. The van der Waals surface area contributed by atoms with Crippen molar-refractivity contribution in [3.05, 3.63) is 36.8 Å². The molecule has 0 N–H and O–H groups in total. The van der Waals surface area contributed by atoms with Gasteiger partial charge in [0.05, 0.1) is 5.52 Å². The van der Waals surface area contributed by atoms with Gasteiger partial charge < -0.3 is 4.79 Å². The van der Waals surface area contributed by atoms with Crippen LogP contribution in [0.25, 0.3) is 10.9 Å². The number of hydrogen-bond acceptors (Lipinski definition) is 3. The van der Waals surface area contributed by atoms with Gasteiger partial charge in [-0.15, -0.1) is 0 Å². The predicted octanol–water partition coefficient (Wildman–Crippen LogP) is 3.25. The highest BCUT2D eigenvalue weighted by Gasteiger charge is 1.93. The van der Waals surface area contributed by atoms with Crippen LogP contribution in [0.3, 0.4) is 0 Å². The van der Waals surface area contributed by atoms with Crippen molar-refractivity contribution < 1.29 is 4.79 Å². The van der Waals surface area contributed by atoms with Gasteiger partial charge in [0.25, 0.3) is 0 Å². The van der Waals surface area contributed by atoms with E-state index < -0.39 is 0 Å². The van der Waals surface area contributed by atoms with Gasteiger partial charge in [-0.2, -0.15) is 0 Å². The van der Waals surface area contributed by atoms with Gasteiger partial charge in [-0.05, 0) is 12.5 Å². The van der Waals surface area contributed by atoms with Gasteiger partial charge in [0.1, 0.15) is 12.6 Å². The summed E-state index contributed by atoms with van der Waals surface area (Å²) < 4.78 is 0. The third-order valence-corrected chi connectivity index (χ3v) is 2.39. The highest BCUT2D eigenvalue weighted by atomic mass is 16.1. The van der Waals surface area contributed by atoms with E-state index in [1.165, 1.54) is 0 Å². The minimum Gasteiger partial charge on any atom is -0.303 e. The molecule has 17 heavy (non-hydrogen) atoms. The number of rotatable bonds is 3. The third-order valence-electron chi connectivity index (χ3n) is 2.39. The van der Waals surface area contributed by atoms with Crippen LogP contribution in [0.1, 0.15) is 26.7 Å². The van der Waals surface area contributed by atoms with E-state index >= 15 is 0 Å². The van der Waals surface area contributed by atoms with Crippen LogP contribution >= 0.6 is 0 Å². The minimum absolute atomic E-state index is 0.269. The smallest absolute Gasteiger partial charge is 0.122 e. The van der Waals surface area contributed by atoms with Crippen LogP contribution < -0.4 is 0 Å². The highest BCUT2D eigenvalue weighted by molar-refractivity contribution is 5.76. The molecule has 1 atom stereocenters. The molecule has 1 heterocycles. The zero-order valence-corrected chi connectivity index (χ0v) is 10.3. The highest BCUT2D eigenvalue weighted by Crippen LogP contribution is 2.06. The Bertz CT molecular complexity index is 391. The van der Waals surface area contributed by atoms with Gasteiger partial charge in [0.15, 0.2) is 0 Å². The molecule has 90 valence electrons. The van der Waals surface area contributed by atoms with E-state index in [1.54, 1.807) is 6.33 Å². The number of benzene rings is 1.